The molecule has 3 rings (SSSR count). The van der Waals surface area contributed by atoms with Crippen molar-refractivity contribution in [1.82, 2.24) is 4.90 Å². The molecule has 0 aliphatic heterocycles. The lowest BCUT2D eigenvalue weighted by Crippen LogP contribution is -2.32. The largest absolute Gasteiger partial charge is 0.493 e. The summed E-state index contributed by atoms with van der Waals surface area (Å²) in [5.74, 6) is 2.75. The number of hydrogen-bond acceptors (Lipinski definition) is 6. The van der Waals surface area contributed by atoms with Crippen LogP contribution in [0.25, 0.3) is 0 Å². The molecule has 3 aromatic carbocycles. The molecule has 0 spiro atoms. The first-order valence-corrected chi connectivity index (χ1v) is 12.9. The smallest absolute Gasteiger partial charge is 0.161 e. The molecule has 0 aliphatic rings. The number of aliphatic hydroxyl groups is 1. The zero-order valence-electron chi connectivity index (χ0n) is 22.2. The highest BCUT2D eigenvalue weighted by Gasteiger charge is 2.25. The molecule has 6 nitrogen and oxygen atoms in total. The zero-order chi connectivity index (χ0) is 26.8. The average molecular weight is 527 g/mol. The summed E-state index contributed by atoms with van der Waals surface area (Å²) in [7, 11) is 3.25. The van der Waals surface area contributed by atoms with E-state index in [4.69, 9.17) is 30.5 Å². The topological polar surface area (TPSA) is 60.4 Å². The lowest BCUT2D eigenvalue weighted by Gasteiger charge is -2.33. The normalized spacial score (nSPS) is 12.8. The minimum absolute atomic E-state index is 0.115. The van der Waals surface area contributed by atoms with E-state index < -0.39 is 6.10 Å². The molecule has 1 radical (unpaired) electrons. The Morgan fingerprint density at radius 1 is 0.838 bits per heavy atom. The van der Waals surface area contributed by atoms with E-state index in [0.29, 0.717) is 48.6 Å². The zero-order valence-corrected chi connectivity index (χ0v) is 23.0. The number of rotatable bonds is 14. The van der Waals surface area contributed by atoms with Gasteiger partial charge in [0.05, 0.1) is 33.5 Å². The molecule has 0 aliphatic carbocycles. The molecule has 199 valence electrons. The average Bonchev–Trinajstić information content (AvgIpc) is 2.90. The Bertz CT molecular complexity index is 1140. The Hall–Kier alpha value is -2.93. The van der Waals surface area contributed by atoms with E-state index >= 15 is 0 Å². The molecule has 0 heterocycles. The molecule has 0 saturated heterocycles. The molecule has 0 saturated carbocycles. The van der Waals surface area contributed by atoms with Crippen LogP contribution in [0.2, 0.25) is 5.02 Å². The third-order valence-electron chi connectivity index (χ3n) is 6.09. The van der Waals surface area contributed by atoms with Crippen LogP contribution < -0.4 is 18.9 Å². The fourth-order valence-electron chi connectivity index (χ4n) is 4.40. The summed E-state index contributed by atoms with van der Waals surface area (Å²) < 4.78 is 22.6. The second-order valence-corrected chi connectivity index (χ2v) is 8.98. The van der Waals surface area contributed by atoms with Gasteiger partial charge < -0.3 is 24.1 Å². The minimum Gasteiger partial charge on any atom is -0.493 e. The van der Waals surface area contributed by atoms with Crippen LogP contribution in [-0.2, 0) is 6.54 Å². The van der Waals surface area contributed by atoms with E-state index in [1.54, 1.807) is 26.4 Å². The quantitative estimate of drug-likeness (QED) is 0.253. The summed E-state index contributed by atoms with van der Waals surface area (Å²) in [5, 5.41) is 11.8. The highest BCUT2D eigenvalue weighted by atomic mass is 35.5. The van der Waals surface area contributed by atoms with Gasteiger partial charge in [-0.05, 0) is 73.4 Å². The number of nitrogens with zero attached hydrogens (tertiary/aromatic N) is 1. The molecule has 0 aromatic heterocycles. The number of benzene rings is 3. The van der Waals surface area contributed by atoms with Gasteiger partial charge in [0.25, 0.3) is 0 Å². The fraction of sp³-hybridized carbons (Fsp3) is 0.367. The summed E-state index contributed by atoms with van der Waals surface area (Å²) in [4.78, 5) is 2.22. The van der Waals surface area contributed by atoms with Crippen molar-refractivity contribution in [1.29, 1.82) is 0 Å². The second kappa shape index (κ2) is 14.1. The Kier molecular flexibility index (Phi) is 10.9. The SMILES string of the molecule is C[CH][C@H](c1ccc(OC)c(OC)c1)N(Cc1ccc(OCC)c(OCC)c1)CC(O)c1cccc(Cl)c1. The summed E-state index contributed by atoms with van der Waals surface area (Å²) in [6.07, 6.45) is 1.37. The van der Waals surface area contributed by atoms with Gasteiger partial charge in [-0.1, -0.05) is 42.8 Å². The van der Waals surface area contributed by atoms with Crippen molar-refractivity contribution in [3.63, 3.8) is 0 Å². The van der Waals surface area contributed by atoms with Crippen molar-refractivity contribution in [2.24, 2.45) is 0 Å². The Morgan fingerprint density at radius 3 is 2.19 bits per heavy atom. The van der Waals surface area contributed by atoms with Crippen LogP contribution in [0.4, 0.5) is 0 Å². The van der Waals surface area contributed by atoms with Gasteiger partial charge >= 0.3 is 0 Å². The predicted octanol–water partition coefficient (Wildman–Crippen LogP) is 6.66. The van der Waals surface area contributed by atoms with Crippen molar-refractivity contribution in [2.45, 2.75) is 39.5 Å². The minimum atomic E-state index is -0.740. The Balaban J connectivity index is 1.99. The van der Waals surface area contributed by atoms with Crippen molar-refractivity contribution >= 4 is 11.6 Å². The van der Waals surface area contributed by atoms with E-state index in [9.17, 15) is 5.11 Å². The summed E-state index contributed by atoms with van der Waals surface area (Å²) >= 11 is 6.21. The van der Waals surface area contributed by atoms with Gasteiger partial charge in [-0.25, -0.2) is 0 Å². The highest BCUT2D eigenvalue weighted by Crippen LogP contribution is 2.36. The molecule has 0 fully saturated rings. The van der Waals surface area contributed by atoms with Crippen LogP contribution in [0, 0.1) is 6.42 Å². The van der Waals surface area contributed by atoms with Crippen molar-refractivity contribution in [3.8, 4) is 23.0 Å². The number of methoxy groups -OCH3 is 2. The van der Waals surface area contributed by atoms with Gasteiger partial charge in [0, 0.05) is 24.2 Å². The van der Waals surface area contributed by atoms with Crippen LogP contribution in [0.15, 0.2) is 60.7 Å². The first kappa shape index (κ1) is 28.6. The van der Waals surface area contributed by atoms with Crippen molar-refractivity contribution in [3.05, 3.63) is 88.8 Å². The van der Waals surface area contributed by atoms with E-state index in [0.717, 1.165) is 22.4 Å². The van der Waals surface area contributed by atoms with Gasteiger partial charge in [0.2, 0.25) is 0 Å². The number of aliphatic hydroxyl groups excluding tert-OH is 1. The molecule has 1 N–H and O–H groups in total. The van der Waals surface area contributed by atoms with E-state index in [1.807, 2.05) is 69.3 Å². The van der Waals surface area contributed by atoms with Gasteiger partial charge in [-0.3, -0.25) is 4.90 Å². The number of ether oxygens (including phenoxy) is 4. The maximum Gasteiger partial charge on any atom is 0.161 e. The molecular formula is C30H37ClNO5. The Morgan fingerprint density at radius 2 is 1.54 bits per heavy atom. The van der Waals surface area contributed by atoms with Crippen LogP contribution >= 0.6 is 11.6 Å². The summed E-state index contributed by atoms with van der Waals surface area (Å²) in [6.45, 7) is 7.96. The van der Waals surface area contributed by atoms with Crippen molar-refractivity contribution in [2.75, 3.05) is 34.0 Å². The van der Waals surface area contributed by atoms with E-state index in [2.05, 4.69) is 11.3 Å². The third kappa shape index (κ3) is 7.54. The highest BCUT2D eigenvalue weighted by molar-refractivity contribution is 6.30. The molecule has 7 heteroatoms. The lowest BCUT2D eigenvalue weighted by molar-refractivity contribution is 0.0893. The standard InChI is InChI=1S/C30H37ClNO5/c1-6-25(22-13-15-27(34-4)29(18-22)35-5)32(20-26(33)23-10-9-11-24(31)17-23)19-21-12-14-28(36-7-2)30(16-21)37-8-3/h6,9-18,25-26,33H,7-8,19-20H2,1-5H3/t25-,26?/m1/s1. The van der Waals surface area contributed by atoms with Gasteiger partial charge in [0.15, 0.2) is 23.0 Å². The molecule has 2 atom stereocenters. The summed E-state index contributed by atoms with van der Waals surface area (Å²) in [5.41, 5.74) is 2.83. The van der Waals surface area contributed by atoms with Crippen molar-refractivity contribution < 1.29 is 24.1 Å². The lowest BCUT2D eigenvalue weighted by atomic mass is 9.99. The molecular weight excluding hydrogens is 490 g/mol. The molecule has 0 amide bonds. The number of hydrogen-bond donors (Lipinski definition) is 1. The van der Waals surface area contributed by atoms with E-state index in [-0.39, 0.29) is 6.04 Å². The fourth-order valence-corrected chi connectivity index (χ4v) is 4.60. The second-order valence-electron chi connectivity index (χ2n) is 8.54. The molecule has 3 aromatic rings. The molecule has 0 bridgehead atoms. The monoisotopic (exact) mass is 526 g/mol. The van der Waals surface area contributed by atoms with Gasteiger partial charge in [-0.15, -0.1) is 0 Å². The molecule has 37 heavy (non-hydrogen) atoms. The molecule has 1 unspecified atom stereocenters. The van der Waals surface area contributed by atoms with Crippen LogP contribution in [0.1, 0.15) is 49.6 Å². The van der Waals surface area contributed by atoms with Gasteiger partial charge in [0.1, 0.15) is 0 Å². The Labute approximate surface area is 225 Å². The first-order valence-electron chi connectivity index (χ1n) is 12.5. The van der Waals surface area contributed by atoms with Crippen LogP contribution in [0.3, 0.4) is 0 Å². The maximum absolute atomic E-state index is 11.2. The summed E-state index contributed by atoms with van der Waals surface area (Å²) in [6, 6.07) is 19.1. The van der Waals surface area contributed by atoms with Crippen LogP contribution in [-0.4, -0.2) is 44.0 Å². The third-order valence-corrected chi connectivity index (χ3v) is 6.33. The predicted molar refractivity (Wildman–Crippen MR) is 148 cm³/mol. The number of halogens is 1. The van der Waals surface area contributed by atoms with Crippen LogP contribution in [0.5, 0.6) is 23.0 Å². The van der Waals surface area contributed by atoms with E-state index in [1.165, 1.54) is 0 Å². The maximum atomic E-state index is 11.2. The van der Waals surface area contributed by atoms with Gasteiger partial charge in [-0.2, -0.15) is 0 Å². The first-order chi connectivity index (χ1) is 17.9.